The average molecular weight is 265 g/mol. The smallest absolute Gasteiger partial charge is 0.255 e. The Balaban J connectivity index is 2.01. The van der Waals surface area contributed by atoms with Crippen molar-refractivity contribution in [3.63, 3.8) is 0 Å². The first-order chi connectivity index (χ1) is 9.08. The fourth-order valence-corrected chi connectivity index (χ4v) is 2.73. The largest absolute Gasteiger partial charge is 0.507 e. The van der Waals surface area contributed by atoms with Crippen molar-refractivity contribution in [3.8, 4) is 5.75 Å². The Morgan fingerprint density at radius 1 is 1.37 bits per heavy atom. The Bertz CT molecular complexity index is 455. The van der Waals surface area contributed by atoms with Gasteiger partial charge in [-0.15, -0.1) is 0 Å². The minimum Gasteiger partial charge on any atom is -0.507 e. The number of carbonyl (C=O) groups is 1. The Kier molecular flexibility index (Phi) is 4.40. The zero-order valence-corrected chi connectivity index (χ0v) is 11.2. The lowest BCUT2D eigenvalue weighted by Crippen LogP contribution is -2.38. The third kappa shape index (κ3) is 3.46. The minimum atomic E-state index is -0.520. The molecule has 1 aliphatic carbocycles. The molecule has 3 nitrogen and oxygen atoms in total. The molecule has 0 saturated heterocycles. The summed E-state index contributed by atoms with van der Waals surface area (Å²) in [6, 6.07) is 3.46. The predicted molar refractivity (Wildman–Crippen MR) is 71.6 cm³/mol. The highest BCUT2D eigenvalue weighted by Crippen LogP contribution is 2.27. The molecule has 1 saturated carbocycles. The van der Waals surface area contributed by atoms with Crippen LogP contribution in [0, 0.1) is 11.7 Å². The third-order valence-electron chi connectivity index (χ3n) is 3.92. The molecule has 2 rings (SSSR count). The number of phenolic OH excluding ortho intramolecular Hbond substituents is 1. The first-order valence-corrected chi connectivity index (χ1v) is 6.87. The van der Waals surface area contributed by atoms with Crippen molar-refractivity contribution in [2.75, 3.05) is 0 Å². The summed E-state index contributed by atoms with van der Waals surface area (Å²) in [7, 11) is 0. The van der Waals surface area contributed by atoms with E-state index >= 15 is 0 Å². The number of halogens is 1. The topological polar surface area (TPSA) is 49.3 Å². The van der Waals surface area contributed by atoms with Gasteiger partial charge < -0.3 is 10.4 Å². The van der Waals surface area contributed by atoms with Crippen LogP contribution in [0.1, 0.15) is 49.4 Å². The second kappa shape index (κ2) is 6.04. The van der Waals surface area contributed by atoms with Gasteiger partial charge in [0.2, 0.25) is 0 Å². The van der Waals surface area contributed by atoms with Gasteiger partial charge in [0, 0.05) is 6.04 Å². The van der Waals surface area contributed by atoms with Crippen LogP contribution in [-0.2, 0) is 0 Å². The SMILES string of the molecule is CC(NC(=O)c1cc(F)ccc1O)C1CCCCC1. The van der Waals surface area contributed by atoms with Crippen molar-refractivity contribution in [3.05, 3.63) is 29.6 Å². The molecule has 0 heterocycles. The van der Waals surface area contributed by atoms with Gasteiger partial charge in [-0.1, -0.05) is 19.3 Å². The van der Waals surface area contributed by atoms with Crippen LogP contribution in [0.4, 0.5) is 4.39 Å². The number of hydrogen-bond acceptors (Lipinski definition) is 2. The monoisotopic (exact) mass is 265 g/mol. The zero-order chi connectivity index (χ0) is 13.8. The molecule has 1 aromatic carbocycles. The summed E-state index contributed by atoms with van der Waals surface area (Å²) in [5.41, 5.74) is 0.00246. The van der Waals surface area contributed by atoms with Gasteiger partial charge in [-0.2, -0.15) is 0 Å². The van der Waals surface area contributed by atoms with Gasteiger partial charge in [0.15, 0.2) is 0 Å². The van der Waals surface area contributed by atoms with Crippen LogP contribution in [-0.4, -0.2) is 17.1 Å². The maximum absolute atomic E-state index is 13.1. The van der Waals surface area contributed by atoms with Gasteiger partial charge in [0.05, 0.1) is 5.56 Å². The number of nitrogens with one attached hydrogen (secondary N) is 1. The van der Waals surface area contributed by atoms with E-state index in [2.05, 4.69) is 5.32 Å². The molecule has 1 aromatic rings. The van der Waals surface area contributed by atoms with E-state index in [-0.39, 0.29) is 17.4 Å². The van der Waals surface area contributed by atoms with Crippen LogP contribution in [0.3, 0.4) is 0 Å². The zero-order valence-electron chi connectivity index (χ0n) is 11.2. The van der Waals surface area contributed by atoms with Crippen molar-refractivity contribution < 1.29 is 14.3 Å². The Morgan fingerprint density at radius 3 is 2.74 bits per heavy atom. The molecule has 2 N–H and O–H groups in total. The van der Waals surface area contributed by atoms with Crippen molar-refractivity contribution in [1.29, 1.82) is 0 Å². The van der Waals surface area contributed by atoms with E-state index in [0.29, 0.717) is 5.92 Å². The molecule has 104 valence electrons. The van der Waals surface area contributed by atoms with Crippen molar-refractivity contribution in [1.82, 2.24) is 5.32 Å². The highest BCUT2D eigenvalue weighted by Gasteiger charge is 2.22. The number of rotatable bonds is 3. The van der Waals surface area contributed by atoms with Crippen LogP contribution in [0.2, 0.25) is 0 Å². The normalized spacial score (nSPS) is 18.0. The second-order valence-corrected chi connectivity index (χ2v) is 5.32. The summed E-state index contributed by atoms with van der Waals surface area (Å²) in [4.78, 5) is 12.0. The lowest BCUT2D eigenvalue weighted by atomic mass is 9.84. The van der Waals surface area contributed by atoms with E-state index in [9.17, 15) is 14.3 Å². The lowest BCUT2D eigenvalue weighted by Gasteiger charge is -2.28. The third-order valence-corrected chi connectivity index (χ3v) is 3.92. The quantitative estimate of drug-likeness (QED) is 0.881. The second-order valence-electron chi connectivity index (χ2n) is 5.32. The van der Waals surface area contributed by atoms with Gasteiger partial charge in [0.1, 0.15) is 11.6 Å². The number of amides is 1. The molecule has 0 spiro atoms. The standard InChI is InChI=1S/C15H20FNO2/c1-10(11-5-3-2-4-6-11)17-15(19)13-9-12(16)7-8-14(13)18/h7-11,18H,2-6H2,1H3,(H,17,19). The van der Waals surface area contributed by atoms with Crippen LogP contribution in [0.15, 0.2) is 18.2 Å². The van der Waals surface area contributed by atoms with Crippen LogP contribution < -0.4 is 5.32 Å². The minimum absolute atomic E-state index is 0.00246. The summed E-state index contributed by atoms with van der Waals surface area (Å²) in [5, 5.41) is 12.5. The molecule has 1 amide bonds. The molecule has 4 heteroatoms. The number of benzene rings is 1. The van der Waals surface area contributed by atoms with Crippen molar-refractivity contribution in [2.45, 2.75) is 45.1 Å². The van der Waals surface area contributed by atoms with E-state index in [4.69, 9.17) is 0 Å². The van der Waals surface area contributed by atoms with E-state index in [1.54, 1.807) is 0 Å². The van der Waals surface area contributed by atoms with Gasteiger partial charge in [-0.3, -0.25) is 4.79 Å². The molecule has 1 fully saturated rings. The molecule has 0 radical (unpaired) electrons. The number of carbonyl (C=O) groups excluding carboxylic acids is 1. The molecule has 1 unspecified atom stereocenters. The molecule has 1 aliphatic rings. The maximum atomic E-state index is 13.1. The summed E-state index contributed by atoms with van der Waals surface area (Å²) in [6.07, 6.45) is 5.92. The van der Waals surface area contributed by atoms with E-state index < -0.39 is 11.7 Å². The van der Waals surface area contributed by atoms with Gasteiger partial charge in [-0.05, 0) is 43.9 Å². The lowest BCUT2D eigenvalue weighted by molar-refractivity contribution is 0.0916. The highest BCUT2D eigenvalue weighted by molar-refractivity contribution is 5.96. The van der Waals surface area contributed by atoms with E-state index in [0.717, 1.165) is 25.0 Å². The molecular formula is C15H20FNO2. The number of phenols is 1. The average Bonchev–Trinajstić information content (AvgIpc) is 2.42. The fourth-order valence-electron chi connectivity index (χ4n) is 2.73. The molecule has 1 atom stereocenters. The Labute approximate surface area is 112 Å². The molecular weight excluding hydrogens is 245 g/mol. The predicted octanol–water partition coefficient (Wildman–Crippen LogP) is 3.23. The number of aromatic hydroxyl groups is 1. The molecule has 19 heavy (non-hydrogen) atoms. The van der Waals surface area contributed by atoms with Crippen LogP contribution >= 0.6 is 0 Å². The Morgan fingerprint density at radius 2 is 2.05 bits per heavy atom. The molecule has 0 aliphatic heterocycles. The first kappa shape index (κ1) is 13.8. The number of hydrogen-bond donors (Lipinski definition) is 2. The summed E-state index contributed by atoms with van der Waals surface area (Å²) >= 11 is 0. The van der Waals surface area contributed by atoms with Gasteiger partial charge >= 0.3 is 0 Å². The fraction of sp³-hybridized carbons (Fsp3) is 0.533. The first-order valence-electron chi connectivity index (χ1n) is 6.87. The van der Waals surface area contributed by atoms with Crippen molar-refractivity contribution >= 4 is 5.91 Å². The van der Waals surface area contributed by atoms with Crippen LogP contribution in [0.25, 0.3) is 0 Å². The highest BCUT2D eigenvalue weighted by atomic mass is 19.1. The molecule has 0 bridgehead atoms. The maximum Gasteiger partial charge on any atom is 0.255 e. The van der Waals surface area contributed by atoms with Crippen molar-refractivity contribution in [2.24, 2.45) is 5.92 Å². The summed E-state index contributed by atoms with van der Waals surface area (Å²) < 4.78 is 13.1. The van der Waals surface area contributed by atoms with E-state index in [1.165, 1.54) is 25.3 Å². The van der Waals surface area contributed by atoms with Gasteiger partial charge in [-0.25, -0.2) is 4.39 Å². The molecule has 0 aromatic heterocycles. The van der Waals surface area contributed by atoms with Crippen LogP contribution in [0.5, 0.6) is 5.75 Å². The van der Waals surface area contributed by atoms with E-state index in [1.807, 2.05) is 6.92 Å². The summed E-state index contributed by atoms with van der Waals surface area (Å²) in [5.74, 6) is -0.633. The Hall–Kier alpha value is -1.58. The van der Waals surface area contributed by atoms with Gasteiger partial charge in [0.25, 0.3) is 5.91 Å². The summed E-state index contributed by atoms with van der Waals surface area (Å²) in [6.45, 7) is 1.98.